The zero-order valence-electron chi connectivity index (χ0n) is 12.9. The van der Waals surface area contributed by atoms with Crippen LogP contribution in [-0.2, 0) is 20.8 Å². The first-order chi connectivity index (χ1) is 11.5. The van der Waals surface area contributed by atoms with Gasteiger partial charge in [0.05, 0.1) is 6.42 Å². The molecule has 2 N–H and O–H groups in total. The van der Waals surface area contributed by atoms with E-state index in [0.717, 1.165) is 5.56 Å². The summed E-state index contributed by atoms with van der Waals surface area (Å²) in [4.78, 5) is 37.9. The smallest absolute Gasteiger partial charge is 0.353 e. The van der Waals surface area contributed by atoms with Gasteiger partial charge in [-0.2, -0.15) is 0 Å². The fourth-order valence-corrected chi connectivity index (χ4v) is 5.00. The second-order valence-electron chi connectivity index (χ2n) is 5.40. The molecular formula is C16H16N2O4S2. The van der Waals surface area contributed by atoms with Gasteiger partial charge in [-0.25, -0.2) is 4.79 Å². The van der Waals surface area contributed by atoms with Crippen molar-refractivity contribution in [3.8, 4) is 0 Å². The third-order valence-electron chi connectivity index (χ3n) is 3.91. The molecule has 0 radical (unpaired) electrons. The highest BCUT2D eigenvalue weighted by Crippen LogP contribution is 2.42. The van der Waals surface area contributed by atoms with Gasteiger partial charge in [0.25, 0.3) is 5.91 Å². The second-order valence-corrected chi connectivity index (χ2v) is 7.40. The number of thioether (sulfide) groups is 2. The Kier molecular flexibility index (Phi) is 4.86. The molecule has 24 heavy (non-hydrogen) atoms. The van der Waals surface area contributed by atoms with Gasteiger partial charge >= 0.3 is 5.97 Å². The average molecular weight is 364 g/mol. The van der Waals surface area contributed by atoms with E-state index in [9.17, 15) is 19.5 Å². The number of aliphatic carboxylic acids is 1. The van der Waals surface area contributed by atoms with E-state index in [0.29, 0.717) is 10.7 Å². The van der Waals surface area contributed by atoms with E-state index < -0.39 is 12.0 Å². The average Bonchev–Trinajstić information content (AvgIpc) is 2.58. The molecule has 126 valence electrons. The molecule has 0 saturated carbocycles. The summed E-state index contributed by atoms with van der Waals surface area (Å²) in [5, 5.41) is 11.8. The summed E-state index contributed by atoms with van der Waals surface area (Å²) in [5.41, 5.74) is 0.913. The number of nitrogens with one attached hydrogen (secondary N) is 1. The minimum atomic E-state index is -1.10. The first-order valence-electron chi connectivity index (χ1n) is 7.31. The molecule has 1 fully saturated rings. The molecule has 1 unspecified atom stereocenters. The third-order valence-corrected chi connectivity index (χ3v) is 6.20. The van der Waals surface area contributed by atoms with Crippen LogP contribution in [0, 0.1) is 0 Å². The van der Waals surface area contributed by atoms with Gasteiger partial charge in [0.1, 0.15) is 17.1 Å². The van der Waals surface area contributed by atoms with Crippen LogP contribution in [0.15, 0.2) is 40.9 Å². The summed E-state index contributed by atoms with van der Waals surface area (Å²) < 4.78 is 0. The molecule has 1 aromatic rings. The van der Waals surface area contributed by atoms with E-state index in [1.54, 1.807) is 6.26 Å². The van der Waals surface area contributed by atoms with Crippen molar-refractivity contribution in [1.82, 2.24) is 10.2 Å². The summed E-state index contributed by atoms with van der Waals surface area (Å²) in [6.07, 6.45) is 1.99. The Labute approximate surface area is 147 Å². The van der Waals surface area contributed by atoms with Crippen LogP contribution < -0.4 is 5.32 Å². The molecule has 2 heterocycles. The lowest BCUT2D eigenvalue weighted by atomic mass is 10.0. The molecule has 1 aromatic carbocycles. The number of carbonyl (C=O) groups is 3. The molecule has 0 aromatic heterocycles. The van der Waals surface area contributed by atoms with Crippen LogP contribution in [-0.4, -0.2) is 51.2 Å². The first kappa shape index (κ1) is 16.9. The number of hydrogen-bond acceptors (Lipinski definition) is 5. The van der Waals surface area contributed by atoms with Crippen molar-refractivity contribution in [3.05, 3.63) is 46.5 Å². The molecule has 2 aliphatic heterocycles. The number of carboxylic acid groups (broad SMARTS) is 1. The van der Waals surface area contributed by atoms with Crippen molar-refractivity contribution in [3.63, 3.8) is 0 Å². The summed E-state index contributed by atoms with van der Waals surface area (Å²) in [6.45, 7) is 0. The van der Waals surface area contributed by atoms with Crippen LogP contribution in [0.2, 0.25) is 0 Å². The second kappa shape index (κ2) is 6.90. The molecule has 0 aliphatic carbocycles. The Morgan fingerprint density at radius 1 is 1.38 bits per heavy atom. The Balaban J connectivity index is 1.69. The number of β-lactam (4-membered cyclic amide) rings is 1. The van der Waals surface area contributed by atoms with Gasteiger partial charge in [-0.05, 0) is 11.8 Å². The van der Waals surface area contributed by atoms with Crippen molar-refractivity contribution in [2.75, 3.05) is 12.0 Å². The molecular weight excluding hydrogens is 348 g/mol. The third kappa shape index (κ3) is 3.03. The topological polar surface area (TPSA) is 86.7 Å². The number of rotatable bonds is 5. The maximum atomic E-state index is 12.4. The lowest BCUT2D eigenvalue weighted by Crippen LogP contribution is -2.70. The van der Waals surface area contributed by atoms with E-state index in [-0.39, 0.29) is 29.3 Å². The van der Waals surface area contributed by atoms with Gasteiger partial charge < -0.3 is 10.4 Å². The van der Waals surface area contributed by atoms with Crippen LogP contribution in [0.4, 0.5) is 0 Å². The van der Waals surface area contributed by atoms with Crippen molar-refractivity contribution >= 4 is 41.3 Å². The molecule has 2 aliphatic rings. The van der Waals surface area contributed by atoms with Gasteiger partial charge in [0.2, 0.25) is 5.91 Å². The Hall–Kier alpha value is -1.93. The number of amides is 2. The van der Waals surface area contributed by atoms with Gasteiger partial charge in [-0.15, -0.1) is 23.5 Å². The van der Waals surface area contributed by atoms with Crippen LogP contribution >= 0.6 is 23.5 Å². The predicted molar refractivity (Wildman–Crippen MR) is 93.3 cm³/mol. The molecule has 2 amide bonds. The SMILES string of the molecule is CSC1=C(C(=O)O)N2C(=O)C(NC(=O)Cc3ccccc3)[C@@H]2SC1. The molecule has 1 saturated heterocycles. The van der Waals surface area contributed by atoms with E-state index in [4.69, 9.17) is 0 Å². The monoisotopic (exact) mass is 364 g/mol. The minimum absolute atomic E-state index is 0.0461. The molecule has 2 atom stereocenters. The highest BCUT2D eigenvalue weighted by Gasteiger charge is 2.54. The quantitative estimate of drug-likeness (QED) is 0.766. The standard InChI is InChI=1S/C16H16N2O4S2/c1-23-10-8-24-15-12(14(20)18(15)13(10)16(21)22)17-11(19)7-9-5-3-2-4-6-9/h2-6,12,15H,7-8H2,1H3,(H,17,19)(H,21,22)/t12?,15-/m0/s1. The number of hydrogen-bond donors (Lipinski definition) is 2. The van der Waals surface area contributed by atoms with Gasteiger partial charge in [-0.3, -0.25) is 14.5 Å². The van der Waals surface area contributed by atoms with Crippen LogP contribution in [0.3, 0.4) is 0 Å². The van der Waals surface area contributed by atoms with Crippen LogP contribution in [0.25, 0.3) is 0 Å². The van der Waals surface area contributed by atoms with Crippen LogP contribution in [0.1, 0.15) is 5.56 Å². The number of carbonyl (C=O) groups excluding carboxylic acids is 2. The number of carboxylic acids is 1. The van der Waals surface area contributed by atoms with Gasteiger partial charge in [0.15, 0.2) is 0 Å². The Morgan fingerprint density at radius 2 is 2.08 bits per heavy atom. The fourth-order valence-electron chi connectivity index (χ4n) is 2.75. The number of fused-ring (bicyclic) bond motifs is 1. The van der Waals surface area contributed by atoms with E-state index >= 15 is 0 Å². The highest BCUT2D eigenvalue weighted by atomic mass is 32.2. The summed E-state index contributed by atoms with van der Waals surface area (Å²) in [6, 6.07) is 8.60. The lowest BCUT2D eigenvalue weighted by Gasteiger charge is -2.49. The number of nitrogens with zero attached hydrogens (tertiary/aromatic N) is 1. The molecule has 0 bridgehead atoms. The summed E-state index contributed by atoms with van der Waals surface area (Å²) in [5.74, 6) is -1.18. The zero-order valence-corrected chi connectivity index (χ0v) is 14.5. The Morgan fingerprint density at radius 3 is 2.71 bits per heavy atom. The lowest BCUT2D eigenvalue weighted by molar-refractivity contribution is -0.150. The molecule has 6 nitrogen and oxygen atoms in total. The van der Waals surface area contributed by atoms with Gasteiger partial charge in [0, 0.05) is 10.7 Å². The van der Waals surface area contributed by atoms with Crippen molar-refractivity contribution in [2.45, 2.75) is 17.8 Å². The molecule has 8 heteroatoms. The normalized spacial score (nSPS) is 22.7. The molecule has 3 rings (SSSR count). The van der Waals surface area contributed by atoms with E-state index in [1.807, 2.05) is 30.3 Å². The highest BCUT2D eigenvalue weighted by molar-refractivity contribution is 8.05. The van der Waals surface area contributed by atoms with Crippen molar-refractivity contribution < 1.29 is 19.5 Å². The van der Waals surface area contributed by atoms with E-state index in [2.05, 4.69) is 5.32 Å². The summed E-state index contributed by atoms with van der Waals surface area (Å²) in [7, 11) is 0. The fraction of sp³-hybridized carbons (Fsp3) is 0.312. The maximum absolute atomic E-state index is 12.4. The minimum Gasteiger partial charge on any atom is -0.477 e. The largest absolute Gasteiger partial charge is 0.477 e. The number of benzene rings is 1. The Bertz CT molecular complexity index is 720. The predicted octanol–water partition coefficient (Wildman–Crippen LogP) is 1.29. The van der Waals surface area contributed by atoms with Gasteiger partial charge in [-0.1, -0.05) is 30.3 Å². The molecule has 0 spiro atoms. The summed E-state index contributed by atoms with van der Waals surface area (Å²) >= 11 is 2.81. The van der Waals surface area contributed by atoms with Crippen LogP contribution in [0.5, 0.6) is 0 Å². The first-order valence-corrected chi connectivity index (χ1v) is 9.58. The zero-order chi connectivity index (χ0) is 17.3. The van der Waals surface area contributed by atoms with E-state index in [1.165, 1.54) is 28.4 Å². The van der Waals surface area contributed by atoms with Crippen molar-refractivity contribution in [1.29, 1.82) is 0 Å². The van der Waals surface area contributed by atoms with Crippen molar-refractivity contribution in [2.24, 2.45) is 0 Å². The maximum Gasteiger partial charge on any atom is 0.353 e.